The summed E-state index contributed by atoms with van der Waals surface area (Å²) >= 11 is 0. The molecule has 0 aromatic heterocycles. The summed E-state index contributed by atoms with van der Waals surface area (Å²) in [5, 5.41) is 25.8. The molecule has 10 heavy (non-hydrogen) atoms. The summed E-state index contributed by atoms with van der Waals surface area (Å²) in [4.78, 5) is 10.1. The zero-order chi connectivity index (χ0) is 7.72. The van der Waals surface area contributed by atoms with Crippen molar-refractivity contribution in [1.29, 1.82) is 0 Å². The van der Waals surface area contributed by atoms with Gasteiger partial charge in [0.05, 0.1) is 0 Å². The van der Waals surface area contributed by atoms with Gasteiger partial charge in [0.2, 0.25) is 0 Å². The van der Waals surface area contributed by atoms with Crippen molar-refractivity contribution in [3.63, 3.8) is 0 Å². The zero-order valence-corrected chi connectivity index (χ0v) is 5.10. The first kappa shape index (κ1) is 7.46. The summed E-state index contributed by atoms with van der Waals surface area (Å²) in [6, 6.07) is 0. The van der Waals surface area contributed by atoms with Crippen LogP contribution in [0.3, 0.4) is 0 Å². The van der Waals surface area contributed by atoms with E-state index in [-0.39, 0.29) is 6.42 Å². The Morgan fingerprint density at radius 1 is 1.50 bits per heavy atom. The number of hydrogen-bond donors (Lipinski definition) is 3. The third kappa shape index (κ3) is 1.26. The van der Waals surface area contributed by atoms with Crippen molar-refractivity contribution < 1.29 is 24.9 Å². The van der Waals surface area contributed by atoms with Crippen molar-refractivity contribution in [3.8, 4) is 0 Å². The molecule has 0 aliphatic carbocycles. The van der Waals surface area contributed by atoms with Crippen LogP contribution in [-0.2, 0) is 9.53 Å². The molecule has 1 aliphatic heterocycles. The number of rotatable bonds is 1. The number of carboxylic acids is 1. The molecule has 0 radical (unpaired) electrons. The molecule has 3 atom stereocenters. The average Bonchev–Trinajstić information content (AvgIpc) is 2.13. The highest BCUT2D eigenvalue weighted by Gasteiger charge is 2.36. The van der Waals surface area contributed by atoms with E-state index in [0.717, 1.165) is 0 Å². The average molecular weight is 148 g/mol. The van der Waals surface area contributed by atoms with Gasteiger partial charge in [-0.2, -0.15) is 0 Å². The number of ether oxygens (including phenoxy) is 1. The van der Waals surface area contributed by atoms with E-state index in [1.54, 1.807) is 0 Å². The summed E-state index contributed by atoms with van der Waals surface area (Å²) in [6.45, 7) is 0. The fourth-order valence-corrected chi connectivity index (χ4v) is 0.809. The molecule has 0 spiro atoms. The van der Waals surface area contributed by atoms with Crippen LogP contribution >= 0.6 is 0 Å². The molecule has 0 bridgehead atoms. The molecule has 58 valence electrons. The third-order valence-corrected chi connectivity index (χ3v) is 1.36. The summed E-state index contributed by atoms with van der Waals surface area (Å²) in [5.41, 5.74) is 0. The van der Waals surface area contributed by atoms with Gasteiger partial charge in [-0.3, -0.25) is 0 Å². The van der Waals surface area contributed by atoms with Crippen LogP contribution < -0.4 is 0 Å². The molecule has 1 saturated heterocycles. The number of hydrogen-bond acceptors (Lipinski definition) is 4. The number of aliphatic hydroxyl groups excluding tert-OH is 2. The molecule has 0 aromatic carbocycles. The second-order valence-electron chi connectivity index (χ2n) is 2.16. The lowest BCUT2D eigenvalue weighted by Gasteiger charge is -2.03. The lowest BCUT2D eigenvalue weighted by molar-refractivity contribution is -0.164. The molecule has 0 amide bonds. The predicted molar refractivity (Wildman–Crippen MR) is 29.1 cm³/mol. The minimum Gasteiger partial charge on any atom is -0.479 e. The van der Waals surface area contributed by atoms with Crippen molar-refractivity contribution in [1.82, 2.24) is 0 Å². The SMILES string of the molecule is O=C(O)C1CC(O)C(O)O1. The maximum Gasteiger partial charge on any atom is 0.333 e. The van der Waals surface area contributed by atoms with Crippen LogP contribution in [0.5, 0.6) is 0 Å². The molecule has 5 nitrogen and oxygen atoms in total. The highest BCUT2D eigenvalue weighted by molar-refractivity contribution is 5.72. The van der Waals surface area contributed by atoms with Gasteiger partial charge in [-0.15, -0.1) is 0 Å². The van der Waals surface area contributed by atoms with E-state index in [1.165, 1.54) is 0 Å². The molecule has 0 saturated carbocycles. The Kier molecular flexibility index (Phi) is 1.89. The van der Waals surface area contributed by atoms with Crippen LogP contribution in [0.25, 0.3) is 0 Å². The minimum atomic E-state index is -1.35. The molecule has 1 heterocycles. The Labute approximate surface area is 56.9 Å². The molecule has 3 N–H and O–H groups in total. The summed E-state index contributed by atoms with van der Waals surface area (Å²) in [7, 11) is 0. The topological polar surface area (TPSA) is 87.0 Å². The monoisotopic (exact) mass is 148 g/mol. The van der Waals surface area contributed by atoms with Crippen LogP contribution in [0, 0.1) is 0 Å². The van der Waals surface area contributed by atoms with Gasteiger partial charge in [-0.05, 0) is 0 Å². The molecular weight excluding hydrogens is 140 g/mol. The third-order valence-electron chi connectivity index (χ3n) is 1.36. The Morgan fingerprint density at radius 2 is 2.10 bits per heavy atom. The first-order chi connectivity index (χ1) is 4.61. The zero-order valence-electron chi connectivity index (χ0n) is 5.10. The van der Waals surface area contributed by atoms with Gasteiger partial charge >= 0.3 is 5.97 Å². The van der Waals surface area contributed by atoms with Gasteiger partial charge in [0.25, 0.3) is 0 Å². The molecule has 0 aromatic rings. The summed E-state index contributed by atoms with van der Waals surface area (Å²) in [5.74, 6) is -1.16. The van der Waals surface area contributed by atoms with Crippen molar-refractivity contribution >= 4 is 5.97 Å². The first-order valence-corrected chi connectivity index (χ1v) is 2.85. The van der Waals surface area contributed by atoms with E-state index in [9.17, 15) is 4.79 Å². The second-order valence-corrected chi connectivity index (χ2v) is 2.16. The van der Waals surface area contributed by atoms with Crippen LogP contribution in [0.4, 0.5) is 0 Å². The van der Waals surface area contributed by atoms with Crippen molar-refractivity contribution in [2.24, 2.45) is 0 Å². The van der Waals surface area contributed by atoms with E-state index in [4.69, 9.17) is 15.3 Å². The molecule has 1 rings (SSSR count). The second kappa shape index (κ2) is 2.53. The molecular formula is C5H8O5. The van der Waals surface area contributed by atoms with Crippen LogP contribution in [-0.4, -0.2) is 39.8 Å². The Bertz CT molecular complexity index is 135. The highest BCUT2D eigenvalue weighted by Crippen LogP contribution is 2.18. The number of carbonyl (C=O) groups is 1. The van der Waals surface area contributed by atoms with E-state index in [0.29, 0.717) is 0 Å². The van der Waals surface area contributed by atoms with Crippen LogP contribution in [0.15, 0.2) is 0 Å². The Hall–Kier alpha value is -0.650. The fraction of sp³-hybridized carbons (Fsp3) is 0.800. The number of carboxylic acid groups (broad SMARTS) is 1. The van der Waals surface area contributed by atoms with E-state index in [2.05, 4.69) is 4.74 Å². The fourth-order valence-electron chi connectivity index (χ4n) is 0.809. The summed E-state index contributed by atoms with van der Waals surface area (Å²) < 4.78 is 4.44. The lowest BCUT2D eigenvalue weighted by atomic mass is 10.2. The quantitative estimate of drug-likeness (QED) is 0.423. The summed E-state index contributed by atoms with van der Waals surface area (Å²) in [6.07, 6.45) is -3.52. The molecule has 1 fully saturated rings. The van der Waals surface area contributed by atoms with Gasteiger partial charge < -0.3 is 20.1 Å². The van der Waals surface area contributed by atoms with E-state index >= 15 is 0 Å². The van der Waals surface area contributed by atoms with Crippen molar-refractivity contribution in [2.45, 2.75) is 24.9 Å². The largest absolute Gasteiger partial charge is 0.479 e. The predicted octanol–water partition coefficient (Wildman–Crippen LogP) is -1.46. The smallest absolute Gasteiger partial charge is 0.333 e. The molecule has 5 heteroatoms. The standard InChI is InChI=1S/C5H8O5/c6-2-1-3(4(7)8)10-5(2)9/h2-3,5-6,9H,1H2,(H,7,8). The molecule has 1 aliphatic rings. The highest BCUT2D eigenvalue weighted by atomic mass is 16.6. The Balaban J connectivity index is 2.49. The first-order valence-electron chi connectivity index (χ1n) is 2.85. The van der Waals surface area contributed by atoms with Crippen molar-refractivity contribution in [3.05, 3.63) is 0 Å². The van der Waals surface area contributed by atoms with Crippen LogP contribution in [0.1, 0.15) is 6.42 Å². The van der Waals surface area contributed by atoms with Gasteiger partial charge in [0.15, 0.2) is 12.4 Å². The van der Waals surface area contributed by atoms with Gasteiger partial charge in [0, 0.05) is 6.42 Å². The minimum absolute atomic E-state index is 0.0451. The molecule has 3 unspecified atom stereocenters. The number of aliphatic carboxylic acids is 1. The van der Waals surface area contributed by atoms with Crippen molar-refractivity contribution in [2.75, 3.05) is 0 Å². The maximum atomic E-state index is 10.1. The van der Waals surface area contributed by atoms with Gasteiger partial charge in [-0.1, -0.05) is 0 Å². The lowest BCUT2D eigenvalue weighted by Crippen LogP contribution is -2.20. The van der Waals surface area contributed by atoms with Gasteiger partial charge in [-0.25, -0.2) is 4.79 Å². The van der Waals surface area contributed by atoms with Gasteiger partial charge in [0.1, 0.15) is 6.10 Å². The normalized spacial score (nSPS) is 40.0. The van der Waals surface area contributed by atoms with E-state index < -0.39 is 24.5 Å². The van der Waals surface area contributed by atoms with E-state index in [1.807, 2.05) is 0 Å². The Morgan fingerprint density at radius 3 is 2.30 bits per heavy atom. The maximum absolute atomic E-state index is 10.1. The van der Waals surface area contributed by atoms with Crippen LogP contribution in [0.2, 0.25) is 0 Å². The number of aliphatic hydroxyl groups is 2.